The number of aromatic hydroxyl groups is 1. The van der Waals surface area contributed by atoms with Crippen LogP contribution in [0.1, 0.15) is 17.5 Å². The smallest absolute Gasteiger partial charge is 0.208 e. The van der Waals surface area contributed by atoms with Gasteiger partial charge in [0.05, 0.1) is 5.52 Å². The van der Waals surface area contributed by atoms with Crippen LogP contribution >= 0.6 is 11.6 Å². The van der Waals surface area contributed by atoms with Crippen LogP contribution in [0.4, 0.5) is 0 Å². The summed E-state index contributed by atoms with van der Waals surface area (Å²) in [4.78, 5) is 2.95. The van der Waals surface area contributed by atoms with Crippen molar-refractivity contribution in [2.45, 2.75) is 19.3 Å². The summed E-state index contributed by atoms with van der Waals surface area (Å²) >= 11 is 5.96. The van der Waals surface area contributed by atoms with Crippen molar-refractivity contribution in [3.63, 3.8) is 0 Å². The lowest BCUT2D eigenvalue weighted by Crippen LogP contribution is -1.83. The van der Waals surface area contributed by atoms with Gasteiger partial charge in [0.15, 0.2) is 0 Å². The highest BCUT2D eigenvalue weighted by Crippen LogP contribution is 2.37. The second-order valence-electron chi connectivity index (χ2n) is 3.77. The van der Waals surface area contributed by atoms with Crippen LogP contribution in [0.25, 0.3) is 10.9 Å². The van der Waals surface area contributed by atoms with Gasteiger partial charge in [0.1, 0.15) is 5.02 Å². The summed E-state index contributed by atoms with van der Waals surface area (Å²) < 4.78 is 0. The first kappa shape index (κ1) is 8.18. The molecule has 0 spiro atoms. The van der Waals surface area contributed by atoms with Crippen LogP contribution in [0.2, 0.25) is 5.02 Å². The summed E-state index contributed by atoms with van der Waals surface area (Å²) in [5.41, 5.74) is 3.72. The van der Waals surface area contributed by atoms with Gasteiger partial charge in [0.25, 0.3) is 0 Å². The monoisotopic (exact) mass is 207 g/mol. The number of benzene rings is 1. The molecule has 14 heavy (non-hydrogen) atoms. The van der Waals surface area contributed by atoms with Crippen molar-refractivity contribution in [2.75, 3.05) is 0 Å². The van der Waals surface area contributed by atoms with E-state index in [9.17, 15) is 5.11 Å². The van der Waals surface area contributed by atoms with Crippen molar-refractivity contribution in [1.82, 2.24) is 4.98 Å². The van der Waals surface area contributed by atoms with E-state index in [1.165, 1.54) is 17.5 Å². The minimum Gasteiger partial charge on any atom is -0.494 e. The van der Waals surface area contributed by atoms with Gasteiger partial charge in [0, 0.05) is 5.39 Å². The number of hydrogen-bond acceptors (Lipinski definition) is 1. The van der Waals surface area contributed by atoms with E-state index >= 15 is 0 Å². The number of hydrogen-bond donors (Lipinski definition) is 2. The van der Waals surface area contributed by atoms with E-state index in [1.807, 2.05) is 6.07 Å². The van der Waals surface area contributed by atoms with Crippen molar-refractivity contribution in [3.05, 3.63) is 28.3 Å². The number of nitrogens with one attached hydrogen (secondary N) is 1. The molecule has 0 unspecified atom stereocenters. The zero-order valence-corrected chi connectivity index (χ0v) is 8.36. The Labute approximate surface area is 86.5 Å². The summed E-state index contributed by atoms with van der Waals surface area (Å²) in [6, 6.07) is 4.10. The van der Waals surface area contributed by atoms with Gasteiger partial charge in [-0.2, -0.15) is 0 Å². The minimum absolute atomic E-state index is 0.0852. The Morgan fingerprint density at radius 3 is 3.00 bits per heavy atom. The molecule has 2 nitrogen and oxygen atoms in total. The van der Waals surface area contributed by atoms with E-state index in [2.05, 4.69) is 11.1 Å². The standard InChI is InChI=1S/C11H10ClNO/c12-9-8-5-4-6-2-1-3-7(6)10(8)13-11(9)14/h4-5,13-14H,1-3H2. The molecule has 1 heterocycles. The third-order valence-electron chi connectivity index (χ3n) is 2.97. The lowest BCUT2D eigenvalue weighted by molar-refractivity contribution is 0.458. The Hall–Kier alpha value is -1.15. The first-order chi connectivity index (χ1) is 6.77. The highest BCUT2D eigenvalue weighted by Gasteiger charge is 2.17. The fourth-order valence-corrected chi connectivity index (χ4v) is 2.50. The third-order valence-corrected chi connectivity index (χ3v) is 3.35. The summed E-state index contributed by atoms with van der Waals surface area (Å²) in [6.45, 7) is 0. The molecule has 0 amide bonds. The largest absolute Gasteiger partial charge is 0.494 e. The molecule has 0 fully saturated rings. The molecule has 2 N–H and O–H groups in total. The second-order valence-corrected chi connectivity index (χ2v) is 4.14. The van der Waals surface area contributed by atoms with E-state index < -0.39 is 0 Å². The Kier molecular flexibility index (Phi) is 1.56. The number of halogens is 1. The summed E-state index contributed by atoms with van der Waals surface area (Å²) in [7, 11) is 0. The van der Waals surface area contributed by atoms with Gasteiger partial charge >= 0.3 is 0 Å². The van der Waals surface area contributed by atoms with Crippen LogP contribution in [0.3, 0.4) is 0 Å². The zero-order chi connectivity index (χ0) is 9.71. The Bertz CT molecular complexity index is 515. The average Bonchev–Trinajstić information content (AvgIpc) is 2.73. The number of aromatic nitrogens is 1. The Balaban J connectivity index is 2.44. The molecular weight excluding hydrogens is 198 g/mol. The molecule has 0 atom stereocenters. The Morgan fingerprint density at radius 2 is 2.14 bits per heavy atom. The molecule has 0 saturated heterocycles. The van der Waals surface area contributed by atoms with Gasteiger partial charge in [-0.3, -0.25) is 0 Å². The fraction of sp³-hybridized carbons (Fsp3) is 0.273. The molecule has 0 radical (unpaired) electrons. The van der Waals surface area contributed by atoms with Gasteiger partial charge in [-0.1, -0.05) is 23.7 Å². The molecule has 0 aliphatic heterocycles. The normalized spacial score (nSPS) is 14.9. The maximum absolute atomic E-state index is 9.49. The highest BCUT2D eigenvalue weighted by molar-refractivity contribution is 6.37. The highest BCUT2D eigenvalue weighted by atomic mass is 35.5. The van der Waals surface area contributed by atoms with Gasteiger partial charge in [0.2, 0.25) is 5.88 Å². The molecule has 2 aromatic rings. The van der Waals surface area contributed by atoms with Gasteiger partial charge in [-0.15, -0.1) is 0 Å². The van der Waals surface area contributed by atoms with E-state index in [0.29, 0.717) is 5.02 Å². The number of rotatable bonds is 0. The fourth-order valence-electron chi connectivity index (χ4n) is 2.29. The molecule has 72 valence electrons. The number of fused-ring (bicyclic) bond motifs is 3. The third kappa shape index (κ3) is 0.919. The maximum atomic E-state index is 9.49. The SMILES string of the molecule is Oc1[nH]c2c3c(ccc2c1Cl)CCC3. The molecular formula is C11H10ClNO. The van der Waals surface area contributed by atoms with Crippen LogP contribution in [0.5, 0.6) is 5.88 Å². The van der Waals surface area contributed by atoms with Crippen LogP contribution in [0, 0.1) is 0 Å². The van der Waals surface area contributed by atoms with Gasteiger partial charge in [-0.05, 0) is 30.4 Å². The summed E-state index contributed by atoms with van der Waals surface area (Å²) in [5, 5.41) is 10.9. The van der Waals surface area contributed by atoms with E-state index in [1.54, 1.807) is 0 Å². The Morgan fingerprint density at radius 1 is 1.29 bits per heavy atom. The van der Waals surface area contributed by atoms with E-state index in [-0.39, 0.29) is 5.88 Å². The minimum atomic E-state index is 0.0852. The predicted molar refractivity (Wildman–Crippen MR) is 57.0 cm³/mol. The van der Waals surface area contributed by atoms with E-state index in [4.69, 9.17) is 11.6 Å². The van der Waals surface area contributed by atoms with Crippen LogP contribution < -0.4 is 0 Å². The lowest BCUT2D eigenvalue weighted by Gasteiger charge is -1.99. The molecule has 1 aromatic heterocycles. The molecule has 1 aromatic carbocycles. The molecule has 3 rings (SSSR count). The second kappa shape index (κ2) is 2.67. The van der Waals surface area contributed by atoms with Crippen molar-refractivity contribution >= 4 is 22.5 Å². The maximum Gasteiger partial charge on any atom is 0.208 e. The topological polar surface area (TPSA) is 36.0 Å². The van der Waals surface area contributed by atoms with Crippen LogP contribution in [0.15, 0.2) is 12.1 Å². The average molecular weight is 208 g/mol. The van der Waals surface area contributed by atoms with Gasteiger partial charge in [-0.25, -0.2) is 0 Å². The first-order valence-corrected chi connectivity index (χ1v) is 5.16. The molecule has 1 aliphatic carbocycles. The van der Waals surface area contributed by atoms with Crippen molar-refractivity contribution in [3.8, 4) is 5.88 Å². The molecule has 1 aliphatic rings. The molecule has 3 heteroatoms. The van der Waals surface area contributed by atoms with Crippen molar-refractivity contribution in [2.24, 2.45) is 0 Å². The van der Waals surface area contributed by atoms with Crippen molar-refractivity contribution in [1.29, 1.82) is 0 Å². The molecule has 0 saturated carbocycles. The predicted octanol–water partition coefficient (Wildman–Crippen LogP) is 3.02. The molecule has 0 bridgehead atoms. The van der Waals surface area contributed by atoms with Gasteiger partial charge < -0.3 is 10.1 Å². The number of aromatic amines is 1. The van der Waals surface area contributed by atoms with Crippen molar-refractivity contribution < 1.29 is 5.11 Å². The van der Waals surface area contributed by atoms with Crippen LogP contribution in [-0.4, -0.2) is 10.1 Å². The zero-order valence-electron chi connectivity index (χ0n) is 7.60. The lowest BCUT2D eigenvalue weighted by atomic mass is 10.1. The number of aryl methyl sites for hydroxylation is 2. The summed E-state index contributed by atoms with van der Waals surface area (Å²) in [5.74, 6) is 0.0852. The van der Waals surface area contributed by atoms with E-state index in [0.717, 1.165) is 23.7 Å². The first-order valence-electron chi connectivity index (χ1n) is 4.78. The summed E-state index contributed by atoms with van der Waals surface area (Å²) in [6.07, 6.45) is 3.43. The van der Waals surface area contributed by atoms with Crippen LogP contribution in [-0.2, 0) is 12.8 Å². The quantitative estimate of drug-likeness (QED) is 0.685. The number of H-pyrrole nitrogens is 1.